The number of halogens is 2. The van der Waals surface area contributed by atoms with Crippen LogP contribution in [0, 0.1) is 5.82 Å². The molecule has 1 aromatic carbocycles. The molecule has 0 radical (unpaired) electrons. The fourth-order valence-corrected chi connectivity index (χ4v) is 2.38. The Balaban J connectivity index is 2.20. The molecule has 0 fully saturated rings. The van der Waals surface area contributed by atoms with Crippen LogP contribution in [0.2, 0.25) is 5.02 Å². The molecular formula is C14H17ClFN3. The van der Waals surface area contributed by atoms with Gasteiger partial charge < -0.3 is 5.73 Å². The SMILES string of the molecule is CCc1cc(CC(N)c2ccc(F)cc2Cl)n(C)n1. The Morgan fingerprint density at radius 2 is 2.16 bits per heavy atom. The van der Waals surface area contributed by atoms with Gasteiger partial charge in [0, 0.05) is 30.2 Å². The van der Waals surface area contributed by atoms with Crippen LogP contribution >= 0.6 is 11.6 Å². The van der Waals surface area contributed by atoms with Crippen molar-refractivity contribution in [3.8, 4) is 0 Å². The van der Waals surface area contributed by atoms with E-state index in [4.69, 9.17) is 17.3 Å². The molecule has 5 heteroatoms. The van der Waals surface area contributed by atoms with E-state index < -0.39 is 0 Å². The van der Waals surface area contributed by atoms with Crippen molar-refractivity contribution < 1.29 is 4.39 Å². The Labute approximate surface area is 117 Å². The number of nitrogens with two attached hydrogens (primary N) is 1. The molecule has 1 heterocycles. The van der Waals surface area contributed by atoms with Crippen LogP contribution in [0.4, 0.5) is 4.39 Å². The maximum atomic E-state index is 13.0. The van der Waals surface area contributed by atoms with E-state index in [1.807, 2.05) is 17.8 Å². The van der Waals surface area contributed by atoms with E-state index in [2.05, 4.69) is 12.0 Å². The molecule has 0 aliphatic heterocycles. The molecule has 19 heavy (non-hydrogen) atoms. The van der Waals surface area contributed by atoms with Gasteiger partial charge in [-0.15, -0.1) is 0 Å². The topological polar surface area (TPSA) is 43.8 Å². The fraction of sp³-hybridized carbons (Fsp3) is 0.357. The zero-order valence-electron chi connectivity index (χ0n) is 11.0. The van der Waals surface area contributed by atoms with Gasteiger partial charge in [0.05, 0.1) is 5.69 Å². The van der Waals surface area contributed by atoms with Crippen molar-refractivity contribution in [3.63, 3.8) is 0 Å². The van der Waals surface area contributed by atoms with Gasteiger partial charge >= 0.3 is 0 Å². The molecule has 2 rings (SSSR count). The Hall–Kier alpha value is -1.39. The molecule has 2 N–H and O–H groups in total. The summed E-state index contributed by atoms with van der Waals surface area (Å²) in [6, 6.07) is 6.07. The van der Waals surface area contributed by atoms with Crippen LogP contribution in [-0.2, 0) is 19.9 Å². The van der Waals surface area contributed by atoms with Gasteiger partial charge in [-0.25, -0.2) is 4.39 Å². The minimum absolute atomic E-state index is 0.270. The number of nitrogens with zero attached hydrogens (tertiary/aromatic N) is 2. The lowest BCUT2D eigenvalue weighted by Crippen LogP contribution is -2.16. The third-order valence-electron chi connectivity index (χ3n) is 3.18. The number of rotatable bonds is 4. The molecule has 0 saturated heterocycles. The van der Waals surface area contributed by atoms with Gasteiger partial charge in [0.15, 0.2) is 0 Å². The molecule has 0 amide bonds. The highest BCUT2D eigenvalue weighted by atomic mass is 35.5. The first-order valence-electron chi connectivity index (χ1n) is 6.23. The normalized spacial score (nSPS) is 12.7. The van der Waals surface area contributed by atoms with Crippen LogP contribution in [0.25, 0.3) is 0 Å². The van der Waals surface area contributed by atoms with Crippen molar-refractivity contribution in [3.05, 3.63) is 52.1 Å². The highest BCUT2D eigenvalue weighted by Gasteiger charge is 2.14. The van der Waals surface area contributed by atoms with Crippen molar-refractivity contribution in [1.29, 1.82) is 0 Å². The molecule has 0 spiro atoms. The minimum Gasteiger partial charge on any atom is -0.324 e. The predicted octanol–water partition coefficient (Wildman–Crippen LogP) is 3.02. The summed E-state index contributed by atoms with van der Waals surface area (Å²) in [5, 5.41) is 4.75. The van der Waals surface area contributed by atoms with Gasteiger partial charge in [-0.3, -0.25) is 4.68 Å². The first-order valence-corrected chi connectivity index (χ1v) is 6.61. The van der Waals surface area contributed by atoms with Gasteiger partial charge in [-0.05, 0) is 30.2 Å². The quantitative estimate of drug-likeness (QED) is 0.936. The van der Waals surface area contributed by atoms with E-state index in [0.29, 0.717) is 11.4 Å². The van der Waals surface area contributed by atoms with Crippen molar-refractivity contribution >= 4 is 11.6 Å². The van der Waals surface area contributed by atoms with E-state index in [1.54, 1.807) is 6.07 Å². The molecule has 0 bridgehead atoms. The Morgan fingerprint density at radius 1 is 1.42 bits per heavy atom. The Kier molecular flexibility index (Phi) is 4.22. The maximum absolute atomic E-state index is 13.0. The lowest BCUT2D eigenvalue weighted by Gasteiger charge is -2.13. The van der Waals surface area contributed by atoms with Gasteiger partial charge in [0.25, 0.3) is 0 Å². The maximum Gasteiger partial charge on any atom is 0.124 e. The fourth-order valence-electron chi connectivity index (χ4n) is 2.07. The third kappa shape index (κ3) is 3.14. The molecular weight excluding hydrogens is 265 g/mol. The molecule has 2 aromatic rings. The summed E-state index contributed by atoms with van der Waals surface area (Å²) in [7, 11) is 1.90. The summed E-state index contributed by atoms with van der Waals surface area (Å²) in [5.41, 5.74) is 8.98. The molecule has 3 nitrogen and oxygen atoms in total. The highest BCUT2D eigenvalue weighted by Crippen LogP contribution is 2.25. The third-order valence-corrected chi connectivity index (χ3v) is 3.51. The van der Waals surface area contributed by atoms with E-state index >= 15 is 0 Å². The smallest absolute Gasteiger partial charge is 0.124 e. The molecule has 0 aliphatic carbocycles. The summed E-state index contributed by atoms with van der Waals surface area (Å²) < 4.78 is 14.8. The number of benzene rings is 1. The van der Waals surface area contributed by atoms with Gasteiger partial charge in [-0.2, -0.15) is 5.10 Å². The molecule has 0 saturated carbocycles. The zero-order valence-corrected chi connectivity index (χ0v) is 11.8. The number of aromatic nitrogens is 2. The van der Waals surface area contributed by atoms with Crippen LogP contribution in [0.15, 0.2) is 24.3 Å². The van der Waals surface area contributed by atoms with E-state index in [9.17, 15) is 4.39 Å². The monoisotopic (exact) mass is 281 g/mol. The summed E-state index contributed by atoms with van der Waals surface area (Å²) in [4.78, 5) is 0. The molecule has 0 aliphatic rings. The lowest BCUT2D eigenvalue weighted by molar-refractivity contribution is 0.619. The highest BCUT2D eigenvalue weighted by molar-refractivity contribution is 6.31. The first kappa shape index (κ1) is 14.0. The molecule has 1 atom stereocenters. The number of hydrogen-bond donors (Lipinski definition) is 1. The van der Waals surface area contributed by atoms with Crippen LogP contribution in [0.3, 0.4) is 0 Å². The predicted molar refractivity (Wildman–Crippen MR) is 74.6 cm³/mol. The number of hydrogen-bond acceptors (Lipinski definition) is 2. The van der Waals surface area contributed by atoms with Gasteiger partial charge in [0.1, 0.15) is 5.82 Å². The van der Waals surface area contributed by atoms with Gasteiger partial charge in [-0.1, -0.05) is 24.6 Å². The lowest BCUT2D eigenvalue weighted by atomic mass is 10.0. The summed E-state index contributed by atoms with van der Waals surface area (Å²) in [6.45, 7) is 2.06. The van der Waals surface area contributed by atoms with Crippen LogP contribution in [-0.4, -0.2) is 9.78 Å². The number of aryl methyl sites for hydroxylation is 2. The second-order valence-corrected chi connectivity index (χ2v) is 4.99. The van der Waals surface area contributed by atoms with Crippen LogP contribution < -0.4 is 5.73 Å². The second-order valence-electron chi connectivity index (χ2n) is 4.58. The van der Waals surface area contributed by atoms with Crippen LogP contribution in [0.1, 0.15) is 29.9 Å². The van der Waals surface area contributed by atoms with Crippen molar-refractivity contribution in [2.45, 2.75) is 25.8 Å². The van der Waals surface area contributed by atoms with E-state index in [0.717, 1.165) is 23.4 Å². The molecule has 1 aromatic heterocycles. The molecule has 102 valence electrons. The Morgan fingerprint density at radius 3 is 2.74 bits per heavy atom. The molecule has 1 unspecified atom stereocenters. The zero-order chi connectivity index (χ0) is 14.0. The average Bonchev–Trinajstić information content (AvgIpc) is 2.70. The second kappa shape index (κ2) is 5.72. The summed E-state index contributed by atoms with van der Waals surface area (Å²) >= 11 is 6.02. The largest absolute Gasteiger partial charge is 0.324 e. The van der Waals surface area contributed by atoms with E-state index in [1.165, 1.54) is 12.1 Å². The standard InChI is InChI=1S/C14H17ClFN3/c1-3-10-7-11(19(2)18-10)8-14(17)12-5-4-9(16)6-13(12)15/h4-7,14H,3,8,17H2,1-2H3. The van der Waals surface area contributed by atoms with E-state index in [-0.39, 0.29) is 11.9 Å². The van der Waals surface area contributed by atoms with Gasteiger partial charge in [0.2, 0.25) is 0 Å². The minimum atomic E-state index is -0.352. The summed E-state index contributed by atoms with van der Waals surface area (Å²) in [5.74, 6) is -0.352. The van der Waals surface area contributed by atoms with Crippen molar-refractivity contribution in [2.75, 3.05) is 0 Å². The van der Waals surface area contributed by atoms with Crippen molar-refractivity contribution in [1.82, 2.24) is 9.78 Å². The average molecular weight is 282 g/mol. The summed E-state index contributed by atoms with van der Waals surface area (Å²) in [6.07, 6.45) is 1.51. The first-order chi connectivity index (χ1) is 9.01. The van der Waals surface area contributed by atoms with Crippen molar-refractivity contribution in [2.24, 2.45) is 12.8 Å². The Bertz CT molecular complexity index is 580. The van der Waals surface area contributed by atoms with Crippen LogP contribution in [0.5, 0.6) is 0 Å².